The van der Waals surface area contributed by atoms with Crippen molar-refractivity contribution in [2.75, 3.05) is 25.1 Å². The van der Waals surface area contributed by atoms with E-state index in [1.807, 2.05) is 46.8 Å². The number of ketones is 1. The molecule has 1 aromatic rings. The molecule has 8 heteroatoms. The van der Waals surface area contributed by atoms with Gasteiger partial charge in [0.1, 0.15) is 12.4 Å². The van der Waals surface area contributed by atoms with E-state index in [4.69, 9.17) is 21.7 Å². The molecule has 1 aliphatic heterocycles. The smallest absolute Gasteiger partial charge is 0.330 e. The highest BCUT2D eigenvalue weighted by molar-refractivity contribution is 6.65. The van der Waals surface area contributed by atoms with E-state index in [0.717, 1.165) is 11.1 Å². The third kappa shape index (κ3) is 5.52. The third-order valence-corrected chi connectivity index (χ3v) is 4.55. The molecule has 0 saturated carbocycles. The molecule has 0 atom stereocenters. The first-order valence-corrected chi connectivity index (χ1v) is 9.63. The van der Waals surface area contributed by atoms with Crippen LogP contribution in [0.2, 0.25) is 0 Å². The lowest BCUT2D eigenvalue weighted by atomic mass is 10.0. The van der Waals surface area contributed by atoms with Gasteiger partial charge in [-0.05, 0) is 57.8 Å². The summed E-state index contributed by atoms with van der Waals surface area (Å²) in [7, 11) is 1.58. The van der Waals surface area contributed by atoms with Crippen LogP contribution in [-0.4, -0.2) is 53.6 Å². The fraction of sp³-hybridized carbons (Fsp3) is 0.429. The molecule has 1 heterocycles. The van der Waals surface area contributed by atoms with Gasteiger partial charge in [0.15, 0.2) is 5.78 Å². The van der Waals surface area contributed by atoms with Crippen molar-refractivity contribution in [3.05, 3.63) is 41.0 Å². The number of aryl methyl sites for hydroxylation is 1. The van der Waals surface area contributed by atoms with Crippen molar-refractivity contribution in [2.24, 2.45) is 4.99 Å². The van der Waals surface area contributed by atoms with Gasteiger partial charge in [0, 0.05) is 23.9 Å². The van der Waals surface area contributed by atoms with Gasteiger partial charge in [0.25, 0.3) is 0 Å². The number of hydrogen-bond donors (Lipinski definition) is 1. The Hall–Kier alpha value is -2.51. The van der Waals surface area contributed by atoms with Crippen LogP contribution in [0, 0.1) is 12.3 Å². The SMILES string of the molecule is C/C=C1/CN(c2cc(C(=O)COC(C)(C)C)ccc2C)C(=O)N(C)/C1=N/C(=N)Cl. The van der Waals surface area contributed by atoms with E-state index in [9.17, 15) is 9.59 Å². The molecule has 1 aliphatic rings. The molecule has 156 valence electrons. The zero-order chi connectivity index (χ0) is 21.9. The van der Waals surface area contributed by atoms with E-state index in [-0.39, 0.29) is 25.0 Å². The average Bonchev–Trinajstić information content (AvgIpc) is 2.63. The van der Waals surface area contributed by atoms with Crippen molar-refractivity contribution in [3.63, 3.8) is 0 Å². The van der Waals surface area contributed by atoms with Crippen molar-refractivity contribution in [2.45, 2.75) is 40.2 Å². The van der Waals surface area contributed by atoms with Gasteiger partial charge in [0.2, 0.25) is 5.29 Å². The van der Waals surface area contributed by atoms with Crippen LogP contribution in [0.4, 0.5) is 10.5 Å². The average molecular weight is 419 g/mol. The van der Waals surface area contributed by atoms with Gasteiger partial charge < -0.3 is 4.74 Å². The van der Waals surface area contributed by atoms with E-state index >= 15 is 0 Å². The molecule has 2 amide bonds. The number of likely N-dealkylation sites (N-methyl/N-ethyl adjacent to an activating group) is 1. The molecule has 0 spiro atoms. The maximum atomic E-state index is 13.0. The number of amidine groups is 2. The van der Waals surface area contributed by atoms with Gasteiger partial charge in [-0.15, -0.1) is 0 Å². The Morgan fingerprint density at radius 2 is 2.03 bits per heavy atom. The van der Waals surface area contributed by atoms with Crippen molar-refractivity contribution in [3.8, 4) is 0 Å². The lowest BCUT2D eigenvalue weighted by Gasteiger charge is -2.36. The number of amides is 2. The van der Waals surface area contributed by atoms with Gasteiger partial charge >= 0.3 is 6.03 Å². The molecule has 2 rings (SSSR count). The predicted octanol–water partition coefficient (Wildman–Crippen LogP) is 4.38. The number of hydrogen-bond acceptors (Lipinski definition) is 4. The quantitative estimate of drug-likeness (QED) is 0.340. The number of benzene rings is 1. The number of aliphatic imine (C=N–C) groups is 1. The largest absolute Gasteiger partial charge is 0.368 e. The van der Waals surface area contributed by atoms with Gasteiger partial charge in [-0.1, -0.05) is 18.2 Å². The highest BCUT2D eigenvalue weighted by Crippen LogP contribution is 2.28. The standard InChI is InChI=1S/C21H27ClN4O3/c1-7-14-11-26(20(28)25(6)18(14)24-19(22)23)16-10-15(9-8-13(16)2)17(27)12-29-21(3,4)5/h7-10,23H,11-12H2,1-6H3/b14-7-,23-19?,24-18+. The number of halogens is 1. The number of nitrogens with one attached hydrogen (secondary N) is 1. The first kappa shape index (κ1) is 22.8. The number of carbonyl (C=O) groups excluding carboxylic acids is 2. The second-order valence-electron chi connectivity index (χ2n) is 7.79. The number of anilines is 1. The Morgan fingerprint density at radius 1 is 1.38 bits per heavy atom. The zero-order valence-corrected chi connectivity index (χ0v) is 18.4. The summed E-state index contributed by atoms with van der Waals surface area (Å²) in [6.07, 6.45) is 1.83. The monoisotopic (exact) mass is 418 g/mol. The number of ether oxygens (including phenoxy) is 1. The second kappa shape index (κ2) is 8.88. The minimum Gasteiger partial charge on any atom is -0.368 e. The Bertz CT molecular complexity index is 900. The Balaban J connectivity index is 2.38. The summed E-state index contributed by atoms with van der Waals surface area (Å²) in [5.74, 6) is 0.195. The van der Waals surface area contributed by atoms with Crippen LogP contribution in [0.3, 0.4) is 0 Å². The summed E-state index contributed by atoms with van der Waals surface area (Å²) >= 11 is 5.61. The summed E-state index contributed by atoms with van der Waals surface area (Å²) in [6, 6.07) is 4.96. The molecular formula is C21H27ClN4O3. The highest BCUT2D eigenvalue weighted by Gasteiger charge is 2.33. The zero-order valence-electron chi connectivity index (χ0n) is 17.7. The number of Topliss-reactive ketones (excluding diaryl/α,β-unsaturated/α-hetero) is 1. The van der Waals surface area contributed by atoms with E-state index in [1.165, 1.54) is 4.90 Å². The Labute approximate surface area is 176 Å². The highest BCUT2D eigenvalue weighted by atomic mass is 35.5. The second-order valence-corrected chi connectivity index (χ2v) is 8.15. The fourth-order valence-corrected chi connectivity index (χ4v) is 2.96. The maximum absolute atomic E-state index is 13.0. The number of allylic oxidation sites excluding steroid dienone is 1. The summed E-state index contributed by atoms with van der Waals surface area (Å²) in [5.41, 5.74) is 2.32. The molecule has 0 aliphatic carbocycles. The number of urea groups is 1. The molecule has 1 N–H and O–H groups in total. The third-order valence-electron chi connectivity index (χ3n) is 4.46. The molecule has 0 aromatic heterocycles. The van der Waals surface area contributed by atoms with Crippen LogP contribution in [-0.2, 0) is 4.74 Å². The lowest BCUT2D eigenvalue weighted by molar-refractivity contribution is 0.00307. The molecule has 7 nitrogen and oxygen atoms in total. The van der Waals surface area contributed by atoms with Crippen molar-refractivity contribution < 1.29 is 14.3 Å². The topological polar surface area (TPSA) is 86.1 Å². The molecule has 1 aromatic carbocycles. The molecule has 29 heavy (non-hydrogen) atoms. The van der Waals surface area contributed by atoms with Crippen molar-refractivity contribution >= 4 is 40.2 Å². The van der Waals surface area contributed by atoms with E-state index in [1.54, 1.807) is 24.1 Å². The van der Waals surface area contributed by atoms with E-state index in [2.05, 4.69) is 4.99 Å². The summed E-state index contributed by atoms with van der Waals surface area (Å²) in [5, 5.41) is 7.02. The van der Waals surface area contributed by atoms with Crippen LogP contribution in [0.25, 0.3) is 0 Å². The van der Waals surface area contributed by atoms with Crippen molar-refractivity contribution in [1.29, 1.82) is 5.41 Å². The first-order chi connectivity index (χ1) is 13.4. The minimum atomic E-state index is -0.415. The maximum Gasteiger partial charge on any atom is 0.330 e. The molecule has 0 radical (unpaired) electrons. The van der Waals surface area contributed by atoms with E-state index < -0.39 is 10.9 Å². The van der Waals surface area contributed by atoms with Crippen LogP contribution in [0.1, 0.15) is 43.6 Å². The molecular weight excluding hydrogens is 392 g/mol. The lowest BCUT2D eigenvalue weighted by Crippen LogP contribution is -2.52. The van der Waals surface area contributed by atoms with E-state index in [0.29, 0.717) is 17.1 Å². The molecule has 1 saturated heterocycles. The van der Waals surface area contributed by atoms with Gasteiger partial charge in [-0.3, -0.25) is 20.0 Å². The number of carbonyl (C=O) groups is 2. The predicted molar refractivity (Wildman–Crippen MR) is 116 cm³/mol. The molecule has 1 fully saturated rings. The number of rotatable bonds is 4. The Morgan fingerprint density at radius 3 is 2.59 bits per heavy atom. The van der Waals surface area contributed by atoms with Crippen molar-refractivity contribution in [1.82, 2.24) is 4.90 Å². The Kier molecular flexibility index (Phi) is 6.97. The fourth-order valence-electron chi connectivity index (χ4n) is 2.88. The van der Waals surface area contributed by atoms with Crippen LogP contribution in [0.5, 0.6) is 0 Å². The molecule has 0 bridgehead atoms. The van der Waals surface area contributed by atoms with Gasteiger partial charge in [-0.2, -0.15) is 0 Å². The van der Waals surface area contributed by atoms with Gasteiger partial charge in [0.05, 0.1) is 12.1 Å². The summed E-state index contributed by atoms with van der Waals surface area (Å²) in [4.78, 5) is 32.5. The number of nitrogens with zero attached hydrogens (tertiary/aromatic N) is 3. The first-order valence-electron chi connectivity index (χ1n) is 9.26. The molecule has 0 unspecified atom stereocenters. The van der Waals surface area contributed by atoms with Crippen LogP contribution >= 0.6 is 11.6 Å². The normalized spacial score (nSPS) is 18.0. The summed E-state index contributed by atoms with van der Waals surface area (Å²) < 4.78 is 5.59. The van der Waals surface area contributed by atoms with Crippen LogP contribution in [0.15, 0.2) is 34.8 Å². The van der Waals surface area contributed by atoms with Gasteiger partial charge in [-0.25, -0.2) is 9.79 Å². The summed E-state index contributed by atoms with van der Waals surface area (Å²) in [6.45, 7) is 9.62. The van der Waals surface area contributed by atoms with Crippen LogP contribution < -0.4 is 4.90 Å². The minimum absolute atomic E-state index is 0.0331.